The molecule has 4 saturated carbocycles. The van der Waals surface area contributed by atoms with Gasteiger partial charge in [-0.05, 0) is 123 Å². The average Bonchev–Trinajstić information content (AvgIpc) is 3.29. The Hall–Kier alpha value is -1.84. The van der Waals surface area contributed by atoms with Gasteiger partial charge in [0, 0.05) is 12.3 Å². The molecule has 4 nitrogen and oxygen atoms in total. The first kappa shape index (κ1) is 29.2. The summed E-state index contributed by atoms with van der Waals surface area (Å²) in [6, 6.07) is 10.2. The molecule has 0 radical (unpaired) electrons. The largest absolute Gasteiger partial charge is 0.460 e. The summed E-state index contributed by atoms with van der Waals surface area (Å²) in [4.78, 5) is 26.9. The normalized spacial score (nSPS) is 45.0. The Balaban J connectivity index is 1.34. The maximum absolute atomic E-state index is 14.2. The third kappa shape index (κ3) is 4.19. The quantitative estimate of drug-likeness (QED) is 0.344. The highest BCUT2D eigenvalue weighted by Crippen LogP contribution is 2.76. The van der Waals surface area contributed by atoms with E-state index in [0.717, 1.165) is 44.1 Å². The highest BCUT2D eigenvalue weighted by molar-refractivity contribution is 5.78. The second-order valence-electron chi connectivity index (χ2n) is 16.4. The van der Waals surface area contributed by atoms with E-state index in [1.54, 1.807) is 0 Å². The van der Waals surface area contributed by atoms with E-state index in [0.29, 0.717) is 48.5 Å². The molecule has 0 amide bonds. The third-order valence-electron chi connectivity index (χ3n) is 14.3. The summed E-state index contributed by atoms with van der Waals surface area (Å²) < 4.78 is 12.3. The summed E-state index contributed by atoms with van der Waals surface area (Å²) in [6.45, 7) is 17.2. The molecular formula is C37H54O4. The fraction of sp³-hybridized carbons (Fsp3) is 0.784. The smallest absolute Gasteiger partial charge is 0.312 e. The minimum atomic E-state index is -0.417. The fourth-order valence-corrected chi connectivity index (χ4v) is 12.3. The molecule has 9 atom stereocenters. The molecule has 5 aliphatic rings. The van der Waals surface area contributed by atoms with E-state index in [4.69, 9.17) is 9.47 Å². The lowest BCUT2D eigenvalue weighted by molar-refractivity contribution is -0.237. The summed E-state index contributed by atoms with van der Waals surface area (Å²) in [5.74, 6) is 3.08. The van der Waals surface area contributed by atoms with Crippen molar-refractivity contribution >= 4 is 11.9 Å². The number of fused-ring (bicyclic) bond motifs is 7. The van der Waals surface area contributed by atoms with Crippen LogP contribution in [-0.2, 0) is 25.7 Å². The molecule has 1 heterocycles. The molecule has 0 spiro atoms. The standard InChI is InChI=1S/C37H54O4/c1-24(2)26-15-20-37(32(39)40-23-25-11-9-8-10-12-25)22-21-35(6)27(31(26)37)13-14-29-34(5)18-17-30(38)41-33(3,4)28(34)16-19-36(29,35)7/h8-12,24,26-29,31H,13-23H2,1-7H3/t26-,27+,28-,29+,31+,34-,35+,36+,37-/m0/s1. The van der Waals surface area contributed by atoms with Gasteiger partial charge in [0.1, 0.15) is 12.2 Å². The lowest BCUT2D eigenvalue weighted by Crippen LogP contribution is -2.66. The second-order valence-corrected chi connectivity index (χ2v) is 16.4. The van der Waals surface area contributed by atoms with Gasteiger partial charge >= 0.3 is 11.9 Å². The van der Waals surface area contributed by atoms with Gasteiger partial charge in [0.05, 0.1) is 5.41 Å². The van der Waals surface area contributed by atoms with Gasteiger partial charge in [-0.3, -0.25) is 9.59 Å². The van der Waals surface area contributed by atoms with Crippen molar-refractivity contribution in [1.82, 2.24) is 0 Å². The van der Waals surface area contributed by atoms with Gasteiger partial charge in [-0.1, -0.05) is 65.0 Å². The molecule has 1 aromatic rings. The van der Waals surface area contributed by atoms with Crippen LogP contribution >= 0.6 is 0 Å². The van der Waals surface area contributed by atoms with Crippen LogP contribution < -0.4 is 0 Å². The molecule has 0 bridgehead atoms. The first-order chi connectivity index (χ1) is 19.3. The molecule has 0 unspecified atom stereocenters. The number of hydrogen-bond donors (Lipinski definition) is 0. The number of carbonyl (C=O) groups is 2. The van der Waals surface area contributed by atoms with Crippen molar-refractivity contribution in [3.63, 3.8) is 0 Å². The van der Waals surface area contributed by atoms with Crippen LogP contribution in [0, 0.1) is 57.2 Å². The van der Waals surface area contributed by atoms with Gasteiger partial charge in [-0.15, -0.1) is 0 Å². The topological polar surface area (TPSA) is 52.6 Å². The first-order valence-corrected chi connectivity index (χ1v) is 16.7. The predicted molar refractivity (Wildman–Crippen MR) is 162 cm³/mol. The minimum absolute atomic E-state index is 0.0191. The molecule has 4 aliphatic carbocycles. The first-order valence-electron chi connectivity index (χ1n) is 16.7. The monoisotopic (exact) mass is 562 g/mol. The number of carbonyl (C=O) groups excluding carboxylic acids is 2. The zero-order valence-corrected chi connectivity index (χ0v) is 26.8. The summed E-state index contributed by atoms with van der Waals surface area (Å²) in [5, 5.41) is 0. The molecule has 1 aromatic carbocycles. The zero-order valence-electron chi connectivity index (χ0n) is 26.8. The molecule has 0 aromatic heterocycles. The molecule has 226 valence electrons. The molecule has 1 aliphatic heterocycles. The van der Waals surface area contributed by atoms with Crippen LogP contribution in [-0.4, -0.2) is 17.5 Å². The summed E-state index contributed by atoms with van der Waals surface area (Å²) in [7, 11) is 0. The van der Waals surface area contributed by atoms with Gasteiger partial charge < -0.3 is 9.47 Å². The van der Waals surface area contributed by atoms with Crippen LogP contribution in [0.15, 0.2) is 30.3 Å². The molecule has 1 saturated heterocycles. The molecule has 6 rings (SSSR count). The van der Waals surface area contributed by atoms with Gasteiger partial charge in [0.2, 0.25) is 0 Å². The van der Waals surface area contributed by atoms with Crippen molar-refractivity contribution in [3.8, 4) is 0 Å². The Morgan fingerprint density at radius 3 is 2.32 bits per heavy atom. The van der Waals surface area contributed by atoms with Crippen molar-refractivity contribution in [2.45, 2.75) is 125 Å². The molecule has 4 heteroatoms. The van der Waals surface area contributed by atoms with Crippen molar-refractivity contribution < 1.29 is 19.1 Å². The van der Waals surface area contributed by atoms with Gasteiger partial charge in [0.25, 0.3) is 0 Å². The Kier molecular flexibility index (Phi) is 7.02. The molecule has 41 heavy (non-hydrogen) atoms. The Morgan fingerprint density at radius 2 is 1.61 bits per heavy atom. The van der Waals surface area contributed by atoms with Crippen molar-refractivity contribution in [1.29, 1.82) is 0 Å². The number of benzene rings is 1. The van der Waals surface area contributed by atoms with Crippen LogP contribution in [0.1, 0.15) is 118 Å². The summed E-state index contributed by atoms with van der Waals surface area (Å²) in [5.41, 5.74) is 0.765. The maximum atomic E-state index is 14.2. The lowest BCUT2D eigenvalue weighted by Gasteiger charge is -2.71. The number of cyclic esters (lactones) is 1. The Bertz CT molecular complexity index is 1170. The fourth-order valence-electron chi connectivity index (χ4n) is 12.3. The summed E-state index contributed by atoms with van der Waals surface area (Å²) in [6.07, 6.45) is 10.4. The molecular weight excluding hydrogens is 508 g/mol. The van der Waals surface area contributed by atoms with E-state index in [1.165, 1.54) is 19.3 Å². The third-order valence-corrected chi connectivity index (χ3v) is 14.3. The van der Waals surface area contributed by atoms with Crippen LogP contribution in [0.4, 0.5) is 0 Å². The lowest BCUT2D eigenvalue weighted by atomic mass is 9.33. The second kappa shape index (κ2) is 9.84. The zero-order chi connectivity index (χ0) is 29.4. The van der Waals surface area contributed by atoms with E-state index in [-0.39, 0.29) is 33.6 Å². The van der Waals surface area contributed by atoms with E-state index in [9.17, 15) is 9.59 Å². The van der Waals surface area contributed by atoms with Crippen LogP contribution in [0.3, 0.4) is 0 Å². The van der Waals surface area contributed by atoms with Gasteiger partial charge in [0.15, 0.2) is 0 Å². The SMILES string of the molecule is CC(C)[C@@H]1CC[C@]2(C(=O)OCc3ccccc3)CC[C@]3(C)[C@H](CC[C@@H]4[C@@]5(C)CCC(=O)OC(C)(C)[C@@H]5CC[C@]43C)[C@@H]12. The van der Waals surface area contributed by atoms with Crippen LogP contribution in [0.25, 0.3) is 0 Å². The minimum Gasteiger partial charge on any atom is -0.460 e. The number of hydrogen-bond acceptors (Lipinski definition) is 4. The van der Waals surface area contributed by atoms with Crippen molar-refractivity contribution in [3.05, 3.63) is 35.9 Å². The van der Waals surface area contributed by atoms with E-state index in [2.05, 4.69) is 60.6 Å². The van der Waals surface area contributed by atoms with E-state index < -0.39 is 5.60 Å². The average molecular weight is 563 g/mol. The highest BCUT2D eigenvalue weighted by atomic mass is 16.6. The Morgan fingerprint density at radius 1 is 0.878 bits per heavy atom. The van der Waals surface area contributed by atoms with E-state index in [1.807, 2.05) is 18.2 Å². The molecule has 5 fully saturated rings. The van der Waals surface area contributed by atoms with E-state index >= 15 is 0 Å². The van der Waals surface area contributed by atoms with Gasteiger partial charge in [-0.25, -0.2) is 0 Å². The predicted octanol–water partition coefficient (Wildman–Crippen LogP) is 8.76. The van der Waals surface area contributed by atoms with Crippen LogP contribution in [0.2, 0.25) is 0 Å². The number of esters is 2. The maximum Gasteiger partial charge on any atom is 0.312 e. The van der Waals surface area contributed by atoms with Gasteiger partial charge in [-0.2, -0.15) is 0 Å². The highest BCUT2D eigenvalue weighted by Gasteiger charge is 2.72. The number of rotatable bonds is 4. The Labute approximate surface area is 248 Å². The van der Waals surface area contributed by atoms with Crippen molar-refractivity contribution in [2.75, 3.05) is 0 Å². The van der Waals surface area contributed by atoms with Crippen molar-refractivity contribution in [2.24, 2.45) is 57.2 Å². The van der Waals surface area contributed by atoms with Crippen LogP contribution in [0.5, 0.6) is 0 Å². The number of ether oxygens (including phenoxy) is 2. The molecule has 0 N–H and O–H groups in total. The summed E-state index contributed by atoms with van der Waals surface area (Å²) >= 11 is 0.